The highest BCUT2D eigenvalue weighted by molar-refractivity contribution is 9.10. The van der Waals surface area contributed by atoms with Crippen LogP contribution in [0.3, 0.4) is 0 Å². The van der Waals surface area contributed by atoms with Gasteiger partial charge in [0.25, 0.3) is 0 Å². The number of rotatable bonds is 15. The van der Waals surface area contributed by atoms with E-state index in [4.69, 9.17) is 0 Å². The summed E-state index contributed by atoms with van der Waals surface area (Å²) >= 11 is 7.49. The fourth-order valence-electron chi connectivity index (χ4n) is 5.27. The second kappa shape index (κ2) is 15.8. The molecular formula is C34H44Br2. The fourth-order valence-corrected chi connectivity index (χ4v) is 6.09. The van der Waals surface area contributed by atoms with E-state index in [0.29, 0.717) is 0 Å². The average molecular weight is 613 g/mol. The van der Waals surface area contributed by atoms with Crippen LogP contribution < -0.4 is 0 Å². The van der Waals surface area contributed by atoms with Crippen LogP contribution in [0.4, 0.5) is 0 Å². The molecular weight excluding hydrogens is 568 g/mol. The van der Waals surface area contributed by atoms with Crippen LogP contribution in [0.2, 0.25) is 0 Å². The molecule has 3 aromatic rings. The summed E-state index contributed by atoms with van der Waals surface area (Å²) in [5, 5.41) is 0. The van der Waals surface area contributed by atoms with Gasteiger partial charge in [-0.25, -0.2) is 0 Å². The molecule has 0 nitrogen and oxygen atoms in total. The first-order valence-electron chi connectivity index (χ1n) is 14.2. The van der Waals surface area contributed by atoms with E-state index in [1.165, 1.54) is 114 Å². The third-order valence-electron chi connectivity index (χ3n) is 7.13. The minimum atomic E-state index is 0.963. The van der Waals surface area contributed by atoms with Gasteiger partial charge in [0.1, 0.15) is 0 Å². The molecule has 0 spiro atoms. The lowest BCUT2D eigenvalue weighted by atomic mass is 9.89. The molecule has 0 bridgehead atoms. The number of unbranched alkanes of at least 4 members (excludes halogenated alkanes) is 8. The van der Waals surface area contributed by atoms with Crippen molar-refractivity contribution in [1.29, 1.82) is 0 Å². The molecule has 194 valence electrons. The van der Waals surface area contributed by atoms with E-state index in [-0.39, 0.29) is 0 Å². The van der Waals surface area contributed by atoms with Crippen molar-refractivity contribution < 1.29 is 0 Å². The molecule has 0 fully saturated rings. The molecule has 3 aromatic carbocycles. The molecule has 0 heterocycles. The van der Waals surface area contributed by atoms with Gasteiger partial charge in [-0.2, -0.15) is 0 Å². The molecule has 0 aliphatic carbocycles. The minimum Gasteiger partial charge on any atom is -0.0654 e. The lowest BCUT2D eigenvalue weighted by Gasteiger charge is -2.16. The zero-order chi connectivity index (χ0) is 25.8. The summed E-state index contributed by atoms with van der Waals surface area (Å²) in [7, 11) is 0. The summed E-state index contributed by atoms with van der Waals surface area (Å²) in [6.45, 7) is 6.81. The Morgan fingerprint density at radius 2 is 1.06 bits per heavy atom. The van der Waals surface area contributed by atoms with E-state index in [1.807, 2.05) is 0 Å². The summed E-state index contributed by atoms with van der Waals surface area (Å²) in [5.41, 5.74) is 9.92. The first kappa shape index (κ1) is 29.2. The van der Waals surface area contributed by atoms with Gasteiger partial charge < -0.3 is 0 Å². The van der Waals surface area contributed by atoms with Gasteiger partial charge in [-0.3, -0.25) is 0 Å². The predicted octanol–water partition coefficient (Wildman–Crippen LogP) is 11.8. The molecule has 2 heteroatoms. The lowest BCUT2D eigenvalue weighted by molar-refractivity contribution is 0.607. The van der Waals surface area contributed by atoms with Crippen LogP contribution in [0.1, 0.15) is 106 Å². The molecule has 0 aromatic heterocycles. The van der Waals surface area contributed by atoms with Crippen molar-refractivity contribution in [3.8, 4) is 11.1 Å². The third kappa shape index (κ3) is 9.49. The Bertz CT molecular complexity index is 1080. The van der Waals surface area contributed by atoms with Crippen LogP contribution in [-0.2, 0) is 19.3 Å². The predicted molar refractivity (Wildman–Crippen MR) is 166 cm³/mol. The fraction of sp³-hybridized carbons (Fsp3) is 0.471. The van der Waals surface area contributed by atoms with Gasteiger partial charge in [0.2, 0.25) is 0 Å². The third-order valence-corrected chi connectivity index (χ3v) is 8.12. The molecule has 36 heavy (non-hydrogen) atoms. The zero-order valence-electron chi connectivity index (χ0n) is 22.6. The summed E-state index contributed by atoms with van der Waals surface area (Å²) in [5.74, 6) is 0. The lowest BCUT2D eigenvalue weighted by Crippen LogP contribution is -1.98. The second-order valence-electron chi connectivity index (χ2n) is 10.4. The van der Waals surface area contributed by atoms with Crippen LogP contribution in [0.5, 0.6) is 0 Å². The maximum absolute atomic E-state index is 3.75. The highest BCUT2D eigenvalue weighted by atomic mass is 79.9. The van der Waals surface area contributed by atoms with E-state index in [0.717, 1.165) is 17.3 Å². The summed E-state index contributed by atoms with van der Waals surface area (Å²) < 4.78 is 2.33. The van der Waals surface area contributed by atoms with Gasteiger partial charge in [-0.05, 0) is 96.7 Å². The highest BCUT2D eigenvalue weighted by Gasteiger charge is 2.13. The number of halogens is 2. The molecule has 0 saturated heterocycles. The average Bonchev–Trinajstić information content (AvgIpc) is 2.84. The molecule has 0 aliphatic heterocycles. The van der Waals surface area contributed by atoms with Crippen molar-refractivity contribution in [3.05, 3.63) is 91.4 Å². The Hall–Kier alpha value is -1.38. The van der Waals surface area contributed by atoms with Crippen LogP contribution in [0, 0.1) is 6.92 Å². The van der Waals surface area contributed by atoms with E-state index in [9.17, 15) is 0 Å². The van der Waals surface area contributed by atoms with Gasteiger partial charge in [0.15, 0.2) is 0 Å². The summed E-state index contributed by atoms with van der Waals surface area (Å²) in [6, 6.07) is 20.9. The van der Waals surface area contributed by atoms with Crippen LogP contribution in [0.15, 0.2) is 63.5 Å². The standard InChI is InChI=1S/C34H44Br2/c1-4-6-8-10-11-13-15-29-24-31(35)16-18-33(29)34-19-17-32(36)25-30(34)23-28-21-26(3)20-27(22-28)14-12-9-7-5-2/h16-22,24-25H,4-15,23H2,1-3H3. The van der Waals surface area contributed by atoms with E-state index >= 15 is 0 Å². The van der Waals surface area contributed by atoms with Crippen molar-refractivity contribution in [1.82, 2.24) is 0 Å². The van der Waals surface area contributed by atoms with Gasteiger partial charge in [-0.1, -0.05) is 133 Å². The first-order chi connectivity index (χ1) is 17.5. The molecule has 0 atom stereocenters. The van der Waals surface area contributed by atoms with Gasteiger partial charge in [0.05, 0.1) is 0 Å². The highest BCUT2D eigenvalue weighted by Crippen LogP contribution is 2.34. The largest absolute Gasteiger partial charge is 0.0654 e. The SMILES string of the molecule is CCCCCCCCc1cc(Br)ccc1-c1ccc(Br)cc1Cc1cc(C)cc(CCCCCC)c1. The Morgan fingerprint density at radius 3 is 1.75 bits per heavy atom. The molecule has 0 N–H and O–H groups in total. The Balaban J connectivity index is 1.83. The molecule has 0 aliphatic rings. The van der Waals surface area contributed by atoms with E-state index in [2.05, 4.69) is 107 Å². The molecule has 3 rings (SSSR count). The van der Waals surface area contributed by atoms with Gasteiger partial charge in [-0.15, -0.1) is 0 Å². The minimum absolute atomic E-state index is 0.963. The van der Waals surface area contributed by atoms with Gasteiger partial charge in [0, 0.05) is 8.95 Å². The Labute approximate surface area is 237 Å². The van der Waals surface area contributed by atoms with Gasteiger partial charge >= 0.3 is 0 Å². The molecule has 0 saturated carbocycles. The Morgan fingerprint density at radius 1 is 0.528 bits per heavy atom. The number of benzene rings is 3. The number of hydrogen-bond acceptors (Lipinski definition) is 0. The quantitative estimate of drug-likeness (QED) is 0.150. The smallest absolute Gasteiger partial charge is 0.0178 e. The summed E-state index contributed by atoms with van der Waals surface area (Å²) in [6.07, 6.45) is 16.5. The molecule has 0 unspecified atom stereocenters. The normalized spacial score (nSPS) is 11.2. The summed E-state index contributed by atoms with van der Waals surface area (Å²) in [4.78, 5) is 0. The maximum atomic E-state index is 3.75. The van der Waals surface area contributed by atoms with Crippen molar-refractivity contribution in [3.63, 3.8) is 0 Å². The zero-order valence-corrected chi connectivity index (χ0v) is 25.8. The van der Waals surface area contributed by atoms with E-state index in [1.54, 1.807) is 0 Å². The van der Waals surface area contributed by atoms with Crippen molar-refractivity contribution in [2.45, 2.75) is 104 Å². The van der Waals surface area contributed by atoms with Crippen molar-refractivity contribution in [2.75, 3.05) is 0 Å². The van der Waals surface area contributed by atoms with Crippen LogP contribution in [0.25, 0.3) is 11.1 Å². The maximum Gasteiger partial charge on any atom is 0.0178 e. The number of aryl methyl sites for hydroxylation is 3. The first-order valence-corrected chi connectivity index (χ1v) is 15.8. The topological polar surface area (TPSA) is 0 Å². The van der Waals surface area contributed by atoms with E-state index < -0.39 is 0 Å². The monoisotopic (exact) mass is 610 g/mol. The molecule has 0 radical (unpaired) electrons. The number of hydrogen-bond donors (Lipinski definition) is 0. The second-order valence-corrected chi connectivity index (χ2v) is 12.3. The van der Waals surface area contributed by atoms with Crippen molar-refractivity contribution in [2.24, 2.45) is 0 Å². The van der Waals surface area contributed by atoms with Crippen LogP contribution >= 0.6 is 31.9 Å². The Kier molecular flexibility index (Phi) is 12.8. The van der Waals surface area contributed by atoms with Crippen molar-refractivity contribution >= 4 is 31.9 Å². The van der Waals surface area contributed by atoms with Crippen LogP contribution in [-0.4, -0.2) is 0 Å². The molecule has 0 amide bonds.